The Kier molecular flexibility index (Phi) is 6.30. The molecule has 1 heterocycles. The number of aliphatic hydroxyl groups excluding tert-OH is 2. The van der Waals surface area contributed by atoms with Crippen molar-refractivity contribution in [1.82, 2.24) is 0 Å². The van der Waals surface area contributed by atoms with E-state index < -0.39 is 42.9 Å². The van der Waals surface area contributed by atoms with Gasteiger partial charge in [0, 0.05) is 12.4 Å². The molecule has 2 radical (unpaired) electrons. The molecular weight excluding hydrogens is 310 g/mol. The first-order valence-electron chi connectivity index (χ1n) is 7.42. The molecule has 0 aromatic carbocycles. The minimum atomic E-state index is -4.32. The summed E-state index contributed by atoms with van der Waals surface area (Å²) in [5, 5.41) is 27.7. The lowest BCUT2D eigenvalue weighted by Gasteiger charge is -2.37. The molecule has 0 amide bonds. The van der Waals surface area contributed by atoms with Crippen molar-refractivity contribution in [2.75, 3.05) is 0 Å². The fraction of sp³-hybridized carbons (Fsp3) is 1.00. The Morgan fingerprint density at radius 1 is 1.23 bits per heavy atom. The van der Waals surface area contributed by atoms with Crippen LogP contribution in [-0.2, 0) is 13.8 Å². The van der Waals surface area contributed by atoms with Gasteiger partial charge in [-0.15, -0.1) is 0 Å². The second-order valence-corrected chi connectivity index (χ2v) is 8.50. The van der Waals surface area contributed by atoms with Crippen LogP contribution in [-0.4, -0.2) is 63.3 Å². The van der Waals surface area contributed by atoms with Gasteiger partial charge in [-0.2, -0.15) is 0 Å². The maximum atomic E-state index is 12.3. The van der Waals surface area contributed by atoms with E-state index in [4.69, 9.17) is 17.1 Å². The summed E-state index contributed by atoms with van der Waals surface area (Å²) in [6.45, 7) is 6.16. The van der Waals surface area contributed by atoms with Crippen molar-refractivity contribution >= 4 is 15.4 Å². The summed E-state index contributed by atoms with van der Waals surface area (Å²) in [5.74, 6) is 0. The standard InChI is InChI=1S/C13H26BO7P/c1-5-12(3,21-22(18,19)13(4,17)6-2)7-8-9(15)10(16)11(14)20-8/h8-11,15-17H,5-7H2,1-4H3,(H,18,19). The first-order chi connectivity index (χ1) is 9.89. The molecule has 1 saturated heterocycles. The molecule has 1 aliphatic rings. The predicted molar refractivity (Wildman–Crippen MR) is 81.6 cm³/mol. The Labute approximate surface area is 132 Å². The van der Waals surface area contributed by atoms with Gasteiger partial charge in [0.25, 0.3) is 0 Å². The Balaban J connectivity index is 2.87. The molecule has 1 rings (SSSR count). The molecule has 128 valence electrons. The summed E-state index contributed by atoms with van der Waals surface area (Å²) in [7, 11) is 1.20. The lowest BCUT2D eigenvalue weighted by atomic mass is 9.90. The van der Waals surface area contributed by atoms with Gasteiger partial charge in [-0.05, 0) is 26.7 Å². The minimum Gasteiger partial charge on any atom is -0.388 e. The largest absolute Gasteiger partial charge is 0.388 e. The second kappa shape index (κ2) is 6.89. The highest BCUT2D eigenvalue weighted by Crippen LogP contribution is 2.59. The molecule has 9 heteroatoms. The fourth-order valence-corrected chi connectivity index (χ4v) is 3.61. The lowest BCUT2D eigenvalue weighted by molar-refractivity contribution is -0.0444. The molecule has 7 atom stereocenters. The summed E-state index contributed by atoms with van der Waals surface area (Å²) < 4.78 is 23.0. The molecule has 0 spiro atoms. The Hall–Kier alpha value is 0.0549. The molecule has 0 aromatic rings. The van der Waals surface area contributed by atoms with Gasteiger partial charge in [-0.1, -0.05) is 13.8 Å². The van der Waals surface area contributed by atoms with E-state index >= 15 is 0 Å². The third-order valence-corrected chi connectivity index (χ3v) is 6.62. The van der Waals surface area contributed by atoms with E-state index in [1.807, 2.05) is 0 Å². The second-order valence-electron chi connectivity index (χ2n) is 6.31. The normalized spacial score (nSPS) is 37.3. The summed E-state index contributed by atoms with van der Waals surface area (Å²) in [6, 6.07) is -1.01. The summed E-state index contributed by atoms with van der Waals surface area (Å²) in [6.07, 6.45) is -2.79. The van der Waals surface area contributed by atoms with Crippen LogP contribution in [0.1, 0.15) is 47.0 Å². The average molecular weight is 336 g/mol. The van der Waals surface area contributed by atoms with Gasteiger partial charge < -0.3 is 29.5 Å². The molecule has 1 aliphatic heterocycles. The number of rotatable bonds is 7. The Bertz CT molecular complexity index is 433. The third kappa shape index (κ3) is 4.12. The molecule has 0 aliphatic carbocycles. The molecule has 0 bridgehead atoms. The zero-order chi connectivity index (χ0) is 17.3. The van der Waals surface area contributed by atoms with Gasteiger partial charge in [0.05, 0.1) is 17.8 Å². The highest BCUT2D eigenvalue weighted by molar-refractivity contribution is 7.54. The lowest BCUT2D eigenvalue weighted by Crippen LogP contribution is -2.40. The zero-order valence-corrected chi connectivity index (χ0v) is 14.4. The van der Waals surface area contributed by atoms with Gasteiger partial charge in [-0.3, -0.25) is 4.57 Å². The number of hydrogen-bond acceptors (Lipinski definition) is 6. The quantitative estimate of drug-likeness (QED) is 0.395. The number of aliphatic hydroxyl groups is 3. The fourth-order valence-electron chi connectivity index (χ4n) is 2.21. The van der Waals surface area contributed by atoms with E-state index in [1.54, 1.807) is 20.8 Å². The van der Waals surface area contributed by atoms with Crippen molar-refractivity contribution in [3.63, 3.8) is 0 Å². The first-order valence-corrected chi connectivity index (χ1v) is 9.00. The minimum absolute atomic E-state index is 0.0483. The van der Waals surface area contributed by atoms with Crippen LogP contribution in [0.3, 0.4) is 0 Å². The first kappa shape index (κ1) is 20.1. The van der Waals surface area contributed by atoms with Crippen LogP contribution in [0.4, 0.5) is 0 Å². The average Bonchev–Trinajstić information content (AvgIpc) is 2.65. The Morgan fingerprint density at radius 2 is 1.77 bits per heavy atom. The van der Waals surface area contributed by atoms with Crippen molar-refractivity contribution in [2.45, 2.75) is 82.2 Å². The van der Waals surface area contributed by atoms with Crippen LogP contribution >= 0.6 is 7.60 Å². The highest BCUT2D eigenvalue weighted by Gasteiger charge is 2.49. The van der Waals surface area contributed by atoms with E-state index in [1.165, 1.54) is 6.92 Å². The van der Waals surface area contributed by atoms with E-state index in [-0.39, 0.29) is 12.8 Å². The number of ether oxygens (including phenoxy) is 1. The van der Waals surface area contributed by atoms with Gasteiger partial charge in [0.1, 0.15) is 14.0 Å². The molecular formula is C13H26BO7P. The third-order valence-electron chi connectivity index (χ3n) is 4.40. The van der Waals surface area contributed by atoms with Gasteiger partial charge >= 0.3 is 7.60 Å². The Morgan fingerprint density at radius 3 is 2.14 bits per heavy atom. The molecule has 1 fully saturated rings. The topological polar surface area (TPSA) is 116 Å². The zero-order valence-electron chi connectivity index (χ0n) is 13.5. The SMILES string of the molecule is [B]C1OC(CC(C)(CC)OP(=O)(O)C(C)(O)CC)C(O)C1O. The van der Waals surface area contributed by atoms with Crippen LogP contribution in [0, 0.1) is 0 Å². The maximum absolute atomic E-state index is 12.3. The van der Waals surface area contributed by atoms with Crippen LogP contribution in [0.25, 0.3) is 0 Å². The summed E-state index contributed by atoms with van der Waals surface area (Å²) >= 11 is 0. The predicted octanol–water partition coefficient (Wildman–Crippen LogP) is 0.481. The van der Waals surface area contributed by atoms with E-state index in [0.717, 1.165) is 0 Å². The van der Waals surface area contributed by atoms with Gasteiger partial charge in [0.2, 0.25) is 0 Å². The molecule has 7 unspecified atom stereocenters. The maximum Gasteiger partial charge on any atom is 0.359 e. The van der Waals surface area contributed by atoms with Crippen molar-refractivity contribution in [1.29, 1.82) is 0 Å². The van der Waals surface area contributed by atoms with Crippen molar-refractivity contribution < 1.29 is 34.0 Å². The molecule has 0 saturated carbocycles. The van der Waals surface area contributed by atoms with Crippen molar-refractivity contribution in [3.05, 3.63) is 0 Å². The van der Waals surface area contributed by atoms with Gasteiger partial charge in [0.15, 0.2) is 5.34 Å². The van der Waals surface area contributed by atoms with E-state index in [2.05, 4.69) is 0 Å². The molecule has 7 nitrogen and oxygen atoms in total. The van der Waals surface area contributed by atoms with Crippen molar-refractivity contribution in [2.24, 2.45) is 0 Å². The molecule has 0 aromatic heterocycles. The van der Waals surface area contributed by atoms with Crippen LogP contribution in [0.2, 0.25) is 0 Å². The summed E-state index contributed by atoms with van der Waals surface area (Å²) in [5.41, 5.74) is -1.13. The van der Waals surface area contributed by atoms with Crippen LogP contribution in [0.15, 0.2) is 0 Å². The van der Waals surface area contributed by atoms with Crippen molar-refractivity contribution in [3.8, 4) is 0 Å². The van der Waals surface area contributed by atoms with E-state index in [9.17, 15) is 24.8 Å². The van der Waals surface area contributed by atoms with E-state index in [0.29, 0.717) is 6.42 Å². The number of hydrogen-bond donors (Lipinski definition) is 4. The monoisotopic (exact) mass is 336 g/mol. The smallest absolute Gasteiger partial charge is 0.359 e. The van der Waals surface area contributed by atoms with Crippen LogP contribution < -0.4 is 0 Å². The highest BCUT2D eigenvalue weighted by atomic mass is 31.2. The van der Waals surface area contributed by atoms with Gasteiger partial charge in [-0.25, -0.2) is 0 Å². The summed E-state index contributed by atoms with van der Waals surface area (Å²) in [4.78, 5) is 10.1. The molecule has 22 heavy (non-hydrogen) atoms. The molecule has 4 N–H and O–H groups in total. The van der Waals surface area contributed by atoms with Crippen LogP contribution in [0.5, 0.6) is 0 Å².